The zero-order chi connectivity index (χ0) is 13.1. The Labute approximate surface area is 115 Å². The van der Waals surface area contributed by atoms with Crippen LogP contribution < -0.4 is 5.32 Å². The Morgan fingerprint density at radius 1 is 1.11 bits per heavy atom. The maximum atomic E-state index is 4.48. The molecule has 2 atom stereocenters. The zero-order valence-electron chi connectivity index (χ0n) is 11.6. The second kappa shape index (κ2) is 5.70. The van der Waals surface area contributed by atoms with Gasteiger partial charge in [-0.25, -0.2) is 0 Å². The summed E-state index contributed by atoms with van der Waals surface area (Å²) >= 11 is 0. The van der Waals surface area contributed by atoms with Crippen LogP contribution in [0.2, 0.25) is 0 Å². The minimum Gasteiger partial charge on any atom is -0.317 e. The Morgan fingerprint density at radius 2 is 2.00 bits per heavy atom. The van der Waals surface area contributed by atoms with Gasteiger partial charge < -0.3 is 5.32 Å². The third-order valence-corrected chi connectivity index (χ3v) is 4.45. The summed E-state index contributed by atoms with van der Waals surface area (Å²) in [6.07, 6.45) is 8.47. The lowest BCUT2D eigenvalue weighted by molar-refractivity contribution is 0.472. The van der Waals surface area contributed by atoms with Gasteiger partial charge in [0.1, 0.15) is 0 Å². The predicted molar refractivity (Wildman–Crippen MR) is 80.4 cm³/mol. The van der Waals surface area contributed by atoms with Crippen molar-refractivity contribution in [3.63, 3.8) is 0 Å². The summed E-state index contributed by atoms with van der Waals surface area (Å²) in [6, 6.07) is 11.5. The first-order chi connectivity index (χ1) is 9.38. The number of benzene rings is 1. The number of hydrogen-bond acceptors (Lipinski definition) is 2. The maximum absolute atomic E-state index is 4.48. The molecule has 1 aromatic carbocycles. The van der Waals surface area contributed by atoms with E-state index in [1.165, 1.54) is 43.1 Å². The van der Waals surface area contributed by atoms with E-state index in [1.54, 1.807) is 0 Å². The van der Waals surface area contributed by atoms with Gasteiger partial charge in [0.05, 0.1) is 5.52 Å². The highest BCUT2D eigenvalue weighted by Gasteiger charge is 2.21. The molecule has 1 N–H and O–H groups in total. The van der Waals surface area contributed by atoms with Crippen molar-refractivity contribution in [3.05, 3.63) is 42.1 Å². The highest BCUT2D eigenvalue weighted by Crippen LogP contribution is 2.35. The summed E-state index contributed by atoms with van der Waals surface area (Å²) < 4.78 is 0. The van der Waals surface area contributed by atoms with Crippen molar-refractivity contribution in [2.24, 2.45) is 0 Å². The molecular formula is C17H22N2. The largest absolute Gasteiger partial charge is 0.317 e. The normalized spacial score (nSPS) is 24.3. The van der Waals surface area contributed by atoms with Crippen LogP contribution in [-0.4, -0.2) is 18.1 Å². The molecule has 2 heteroatoms. The van der Waals surface area contributed by atoms with Crippen LogP contribution in [-0.2, 0) is 0 Å². The summed E-state index contributed by atoms with van der Waals surface area (Å²) in [5.74, 6) is 0.674. The van der Waals surface area contributed by atoms with Gasteiger partial charge in [0, 0.05) is 17.6 Å². The van der Waals surface area contributed by atoms with Crippen LogP contribution in [0.3, 0.4) is 0 Å². The van der Waals surface area contributed by atoms with Crippen LogP contribution in [0.5, 0.6) is 0 Å². The number of pyridine rings is 1. The van der Waals surface area contributed by atoms with E-state index in [9.17, 15) is 0 Å². The Hall–Kier alpha value is -1.41. The molecular weight excluding hydrogens is 232 g/mol. The average Bonchev–Trinajstić information content (AvgIpc) is 2.72. The number of rotatable bonds is 2. The molecule has 2 unspecified atom stereocenters. The van der Waals surface area contributed by atoms with Crippen LogP contribution in [0.15, 0.2) is 36.5 Å². The number of hydrogen-bond donors (Lipinski definition) is 1. The minimum absolute atomic E-state index is 0.666. The molecule has 3 rings (SSSR count). The van der Waals surface area contributed by atoms with Gasteiger partial charge in [-0.3, -0.25) is 4.98 Å². The van der Waals surface area contributed by atoms with Gasteiger partial charge >= 0.3 is 0 Å². The Bertz CT molecular complexity index is 544. The molecule has 1 saturated carbocycles. The smallest absolute Gasteiger partial charge is 0.0704 e. The van der Waals surface area contributed by atoms with Gasteiger partial charge in [-0.1, -0.05) is 31.0 Å². The lowest BCUT2D eigenvalue weighted by atomic mass is 9.88. The maximum Gasteiger partial charge on any atom is 0.0704 e. The molecule has 1 heterocycles. The van der Waals surface area contributed by atoms with Gasteiger partial charge in [-0.05, 0) is 49.9 Å². The van der Waals surface area contributed by atoms with Crippen LogP contribution in [0.1, 0.15) is 43.6 Å². The number of fused-ring (bicyclic) bond motifs is 1. The van der Waals surface area contributed by atoms with Crippen LogP contribution in [0.25, 0.3) is 10.9 Å². The first kappa shape index (κ1) is 12.6. The van der Waals surface area contributed by atoms with E-state index in [0.717, 1.165) is 5.52 Å². The first-order valence-corrected chi connectivity index (χ1v) is 7.39. The molecule has 2 nitrogen and oxygen atoms in total. The molecule has 0 amide bonds. The summed E-state index contributed by atoms with van der Waals surface area (Å²) in [6.45, 7) is 0. The first-order valence-electron chi connectivity index (χ1n) is 7.39. The van der Waals surface area contributed by atoms with E-state index in [0.29, 0.717) is 12.0 Å². The molecule has 100 valence electrons. The monoisotopic (exact) mass is 254 g/mol. The van der Waals surface area contributed by atoms with E-state index in [1.807, 2.05) is 6.20 Å². The summed E-state index contributed by atoms with van der Waals surface area (Å²) in [5.41, 5.74) is 2.62. The fraction of sp³-hybridized carbons (Fsp3) is 0.471. The Balaban J connectivity index is 1.98. The van der Waals surface area contributed by atoms with E-state index >= 15 is 0 Å². The molecule has 19 heavy (non-hydrogen) atoms. The molecule has 0 spiro atoms. The quantitative estimate of drug-likeness (QED) is 0.823. The summed E-state index contributed by atoms with van der Waals surface area (Å²) in [4.78, 5) is 4.48. The fourth-order valence-corrected chi connectivity index (χ4v) is 3.39. The molecule has 1 aromatic heterocycles. The summed E-state index contributed by atoms with van der Waals surface area (Å²) in [7, 11) is 2.09. The van der Waals surface area contributed by atoms with E-state index in [4.69, 9.17) is 0 Å². The molecule has 0 radical (unpaired) electrons. The molecule has 1 aliphatic rings. The van der Waals surface area contributed by atoms with Crippen LogP contribution in [0.4, 0.5) is 0 Å². The molecule has 2 aromatic rings. The zero-order valence-corrected chi connectivity index (χ0v) is 11.6. The van der Waals surface area contributed by atoms with Crippen molar-refractivity contribution in [1.29, 1.82) is 0 Å². The second-order valence-electron chi connectivity index (χ2n) is 5.62. The van der Waals surface area contributed by atoms with E-state index < -0.39 is 0 Å². The highest BCUT2D eigenvalue weighted by molar-refractivity contribution is 5.82. The van der Waals surface area contributed by atoms with Crippen molar-refractivity contribution >= 4 is 10.9 Å². The standard InChI is InChI=1S/C17H22N2/c1-18-14-7-3-2-6-13(12-14)15-8-4-10-17-16(15)9-5-11-19-17/h4-5,8-11,13-14,18H,2-3,6-7,12H2,1H3. The van der Waals surface area contributed by atoms with Gasteiger partial charge in [0.15, 0.2) is 0 Å². The molecule has 1 aliphatic carbocycles. The third-order valence-electron chi connectivity index (χ3n) is 4.45. The molecule has 0 bridgehead atoms. The van der Waals surface area contributed by atoms with Crippen molar-refractivity contribution < 1.29 is 0 Å². The van der Waals surface area contributed by atoms with Crippen molar-refractivity contribution in [3.8, 4) is 0 Å². The Morgan fingerprint density at radius 3 is 2.89 bits per heavy atom. The van der Waals surface area contributed by atoms with Crippen molar-refractivity contribution in [2.45, 2.75) is 44.1 Å². The van der Waals surface area contributed by atoms with E-state index in [2.05, 4.69) is 47.7 Å². The van der Waals surface area contributed by atoms with E-state index in [-0.39, 0.29) is 0 Å². The number of aromatic nitrogens is 1. The summed E-state index contributed by atoms with van der Waals surface area (Å²) in [5, 5.41) is 4.82. The predicted octanol–water partition coefficient (Wildman–Crippen LogP) is 3.87. The van der Waals surface area contributed by atoms with Crippen molar-refractivity contribution in [2.75, 3.05) is 7.05 Å². The Kier molecular flexibility index (Phi) is 3.79. The number of nitrogens with one attached hydrogen (secondary N) is 1. The third kappa shape index (κ3) is 2.64. The second-order valence-corrected chi connectivity index (χ2v) is 5.62. The van der Waals surface area contributed by atoms with Crippen molar-refractivity contribution in [1.82, 2.24) is 10.3 Å². The lowest BCUT2D eigenvalue weighted by Gasteiger charge is -2.21. The lowest BCUT2D eigenvalue weighted by Crippen LogP contribution is -2.25. The highest BCUT2D eigenvalue weighted by atomic mass is 14.9. The van der Waals surface area contributed by atoms with Gasteiger partial charge in [0.25, 0.3) is 0 Å². The number of nitrogens with zero attached hydrogens (tertiary/aromatic N) is 1. The van der Waals surface area contributed by atoms with Crippen LogP contribution in [0, 0.1) is 0 Å². The SMILES string of the molecule is CNC1CCCCC(c2cccc3ncccc23)C1. The average molecular weight is 254 g/mol. The molecule has 0 saturated heterocycles. The molecule has 1 fully saturated rings. The van der Waals surface area contributed by atoms with Gasteiger partial charge in [0.2, 0.25) is 0 Å². The van der Waals surface area contributed by atoms with Crippen LogP contribution >= 0.6 is 0 Å². The van der Waals surface area contributed by atoms with Gasteiger partial charge in [-0.15, -0.1) is 0 Å². The topological polar surface area (TPSA) is 24.9 Å². The van der Waals surface area contributed by atoms with Gasteiger partial charge in [-0.2, -0.15) is 0 Å². The fourth-order valence-electron chi connectivity index (χ4n) is 3.39. The minimum atomic E-state index is 0.666. The molecule has 0 aliphatic heterocycles.